The number of hydrogen-bond donors (Lipinski definition) is 1. The zero-order valence-electron chi connectivity index (χ0n) is 12.5. The molecular weight excluding hydrogens is 258 g/mol. The minimum atomic E-state index is -0.0779. The van der Waals surface area contributed by atoms with Crippen molar-refractivity contribution in [3.8, 4) is 0 Å². The smallest absolute Gasteiger partial charge is 0.244 e. The Labute approximate surface area is 126 Å². The maximum absolute atomic E-state index is 11.9. The number of hydrogen-bond acceptors (Lipinski definition) is 1. The minimum absolute atomic E-state index is 0.00355. The Kier molecular flexibility index (Phi) is 5.33. The molecule has 21 heavy (non-hydrogen) atoms. The molecule has 1 unspecified atom stereocenters. The maximum Gasteiger partial charge on any atom is 0.244 e. The molecule has 1 amide bonds. The van der Waals surface area contributed by atoms with Crippen molar-refractivity contribution in [2.75, 3.05) is 0 Å². The molecule has 2 aromatic carbocycles. The highest BCUT2D eigenvalue weighted by Crippen LogP contribution is 2.13. The van der Waals surface area contributed by atoms with E-state index in [0.717, 1.165) is 17.5 Å². The van der Waals surface area contributed by atoms with Crippen LogP contribution in [-0.2, 0) is 11.2 Å². The molecular formula is C19H21NO. The Hall–Kier alpha value is -2.35. The first kappa shape index (κ1) is 15.0. The first-order valence-corrected chi connectivity index (χ1v) is 7.31. The van der Waals surface area contributed by atoms with Crippen LogP contribution in [0.3, 0.4) is 0 Å². The van der Waals surface area contributed by atoms with Gasteiger partial charge in [-0.1, -0.05) is 61.5 Å². The van der Waals surface area contributed by atoms with Crippen LogP contribution in [0.4, 0.5) is 0 Å². The summed E-state index contributed by atoms with van der Waals surface area (Å²) in [5, 5.41) is 2.98. The van der Waals surface area contributed by atoms with Gasteiger partial charge in [0.15, 0.2) is 0 Å². The van der Waals surface area contributed by atoms with Gasteiger partial charge in [0.1, 0.15) is 0 Å². The Morgan fingerprint density at radius 2 is 1.76 bits per heavy atom. The molecule has 2 nitrogen and oxygen atoms in total. The highest BCUT2D eigenvalue weighted by Gasteiger charge is 2.07. The van der Waals surface area contributed by atoms with Crippen molar-refractivity contribution in [2.24, 2.45) is 0 Å². The summed E-state index contributed by atoms with van der Waals surface area (Å²) < 4.78 is 0. The molecule has 0 spiro atoms. The van der Waals surface area contributed by atoms with Crippen LogP contribution in [-0.4, -0.2) is 5.91 Å². The van der Waals surface area contributed by atoms with Crippen molar-refractivity contribution < 1.29 is 4.79 Å². The van der Waals surface area contributed by atoms with Crippen LogP contribution >= 0.6 is 0 Å². The summed E-state index contributed by atoms with van der Waals surface area (Å²) in [6.07, 6.45) is 4.43. The van der Waals surface area contributed by atoms with Crippen LogP contribution in [0.25, 0.3) is 6.08 Å². The Bertz CT molecular complexity index is 599. The highest BCUT2D eigenvalue weighted by molar-refractivity contribution is 5.91. The van der Waals surface area contributed by atoms with Gasteiger partial charge in [0.25, 0.3) is 0 Å². The molecule has 0 aliphatic carbocycles. The SMILES string of the molecule is CCc1ccc(C(C)NC(=O)/C=C/c2ccccc2)cc1. The minimum Gasteiger partial charge on any atom is -0.346 e. The number of carbonyl (C=O) groups excluding carboxylic acids is 1. The average Bonchev–Trinajstić information content (AvgIpc) is 2.54. The average molecular weight is 279 g/mol. The molecule has 0 heterocycles. The molecule has 2 rings (SSSR count). The number of amides is 1. The number of benzene rings is 2. The van der Waals surface area contributed by atoms with Gasteiger partial charge in [0.05, 0.1) is 6.04 Å². The van der Waals surface area contributed by atoms with E-state index in [1.165, 1.54) is 5.56 Å². The fraction of sp³-hybridized carbons (Fsp3) is 0.211. The lowest BCUT2D eigenvalue weighted by Crippen LogP contribution is -2.24. The summed E-state index contributed by atoms with van der Waals surface area (Å²) in [6, 6.07) is 18.2. The van der Waals surface area contributed by atoms with E-state index < -0.39 is 0 Å². The molecule has 0 aliphatic heterocycles. The third-order valence-corrected chi connectivity index (χ3v) is 3.47. The molecule has 108 valence electrons. The van der Waals surface area contributed by atoms with Gasteiger partial charge in [-0.25, -0.2) is 0 Å². The molecule has 0 aromatic heterocycles. The zero-order valence-corrected chi connectivity index (χ0v) is 12.5. The monoisotopic (exact) mass is 279 g/mol. The summed E-state index contributed by atoms with van der Waals surface area (Å²) in [4.78, 5) is 11.9. The fourth-order valence-corrected chi connectivity index (χ4v) is 2.12. The first-order valence-electron chi connectivity index (χ1n) is 7.31. The number of rotatable bonds is 5. The summed E-state index contributed by atoms with van der Waals surface area (Å²) in [5.41, 5.74) is 3.45. The highest BCUT2D eigenvalue weighted by atomic mass is 16.1. The van der Waals surface area contributed by atoms with E-state index in [2.05, 4.69) is 36.5 Å². The van der Waals surface area contributed by atoms with Crippen molar-refractivity contribution >= 4 is 12.0 Å². The largest absolute Gasteiger partial charge is 0.346 e. The van der Waals surface area contributed by atoms with Crippen molar-refractivity contribution in [3.63, 3.8) is 0 Å². The number of carbonyl (C=O) groups is 1. The maximum atomic E-state index is 11.9. The second-order valence-corrected chi connectivity index (χ2v) is 5.07. The summed E-state index contributed by atoms with van der Waals surface area (Å²) >= 11 is 0. The van der Waals surface area contributed by atoms with Crippen molar-refractivity contribution in [2.45, 2.75) is 26.3 Å². The Balaban J connectivity index is 1.93. The van der Waals surface area contributed by atoms with Crippen LogP contribution in [0.1, 0.15) is 36.6 Å². The standard InChI is InChI=1S/C19H21NO/c1-3-16-9-12-18(13-10-16)15(2)20-19(21)14-11-17-7-5-4-6-8-17/h4-15H,3H2,1-2H3,(H,20,21)/b14-11+. The van der Waals surface area contributed by atoms with Crippen molar-refractivity contribution in [3.05, 3.63) is 77.4 Å². The molecule has 0 fully saturated rings. The lowest BCUT2D eigenvalue weighted by atomic mass is 10.0. The van der Waals surface area contributed by atoms with Gasteiger partial charge in [0.2, 0.25) is 5.91 Å². The summed E-state index contributed by atoms with van der Waals surface area (Å²) in [5.74, 6) is -0.0779. The fourth-order valence-electron chi connectivity index (χ4n) is 2.12. The van der Waals surface area contributed by atoms with E-state index in [4.69, 9.17) is 0 Å². The van der Waals surface area contributed by atoms with E-state index in [0.29, 0.717) is 0 Å². The molecule has 0 saturated heterocycles. The number of aryl methyl sites for hydroxylation is 1. The predicted octanol–water partition coefficient (Wildman–Crippen LogP) is 4.14. The molecule has 2 aromatic rings. The Morgan fingerprint density at radius 1 is 1.10 bits per heavy atom. The number of nitrogens with one attached hydrogen (secondary N) is 1. The van der Waals surface area contributed by atoms with Gasteiger partial charge in [-0.05, 0) is 36.1 Å². The molecule has 0 radical (unpaired) electrons. The van der Waals surface area contributed by atoms with E-state index in [9.17, 15) is 4.79 Å². The van der Waals surface area contributed by atoms with E-state index >= 15 is 0 Å². The van der Waals surface area contributed by atoms with Gasteiger partial charge < -0.3 is 5.32 Å². The second kappa shape index (κ2) is 7.44. The lowest BCUT2D eigenvalue weighted by Gasteiger charge is -2.13. The molecule has 0 bridgehead atoms. The van der Waals surface area contributed by atoms with Gasteiger partial charge in [-0.3, -0.25) is 4.79 Å². The zero-order chi connectivity index (χ0) is 15.1. The second-order valence-electron chi connectivity index (χ2n) is 5.07. The molecule has 2 heteroatoms. The third kappa shape index (κ3) is 4.60. The van der Waals surface area contributed by atoms with Crippen LogP contribution < -0.4 is 5.32 Å². The molecule has 0 aliphatic rings. The molecule has 0 saturated carbocycles. The van der Waals surface area contributed by atoms with Crippen LogP contribution in [0.2, 0.25) is 0 Å². The van der Waals surface area contributed by atoms with Gasteiger partial charge in [-0.15, -0.1) is 0 Å². The lowest BCUT2D eigenvalue weighted by molar-refractivity contribution is -0.117. The van der Waals surface area contributed by atoms with E-state index in [-0.39, 0.29) is 11.9 Å². The van der Waals surface area contributed by atoms with Gasteiger partial charge in [-0.2, -0.15) is 0 Å². The summed E-state index contributed by atoms with van der Waals surface area (Å²) in [7, 11) is 0. The normalized spacial score (nSPS) is 12.3. The van der Waals surface area contributed by atoms with Crippen molar-refractivity contribution in [1.82, 2.24) is 5.32 Å². The van der Waals surface area contributed by atoms with Crippen LogP contribution in [0.15, 0.2) is 60.7 Å². The van der Waals surface area contributed by atoms with E-state index in [1.54, 1.807) is 6.08 Å². The van der Waals surface area contributed by atoms with Crippen LogP contribution in [0.5, 0.6) is 0 Å². The molecule has 1 atom stereocenters. The molecule has 1 N–H and O–H groups in total. The summed E-state index contributed by atoms with van der Waals surface area (Å²) in [6.45, 7) is 4.13. The third-order valence-electron chi connectivity index (χ3n) is 3.47. The Morgan fingerprint density at radius 3 is 2.38 bits per heavy atom. The van der Waals surface area contributed by atoms with Gasteiger partial charge >= 0.3 is 0 Å². The van der Waals surface area contributed by atoms with Crippen LogP contribution in [0, 0.1) is 0 Å². The first-order chi connectivity index (χ1) is 10.2. The van der Waals surface area contributed by atoms with Gasteiger partial charge in [0, 0.05) is 6.08 Å². The predicted molar refractivity (Wildman–Crippen MR) is 87.9 cm³/mol. The van der Waals surface area contributed by atoms with Crippen molar-refractivity contribution in [1.29, 1.82) is 0 Å². The quantitative estimate of drug-likeness (QED) is 0.819. The van der Waals surface area contributed by atoms with E-state index in [1.807, 2.05) is 43.3 Å². The topological polar surface area (TPSA) is 29.1 Å².